The molecule has 0 aromatic carbocycles. The first-order chi connectivity index (χ1) is 17.6. The molecule has 204 valence electrons. The molecular weight excluding hydrogens is 498 g/mol. The van der Waals surface area contributed by atoms with Crippen LogP contribution in [0.3, 0.4) is 0 Å². The number of aryl methyl sites for hydroxylation is 6. The van der Waals surface area contributed by atoms with Crippen LogP contribution in [0.1, 0.15) is 11.3 Å². The van der Waals surface area contributed by atoms with Crippen LogP contribution in [-0.4, -0.2) is 43.4 Å². The van der Waals surface area contributed by atoms with Gasteiger partial charge in [-0.1, -0.05) is 0 Å². The monoisotopic (exact) mass is 529 g/mol. The molecule has 0 saturated heterocycles. The summed E-state index contributed by atoms with van der Waals surface area (Å²) in [7, 11) is 6.41. The second kappa shape index (κ2) is 13.7. The summed E-state index contributed by atoms with van der Waals surface area (Å²) in [6.45, 7) is 3.50. The third-order valence-electron chi connectivity index (χ3n) is 4.46. The van der Waals surface area contributed by atoms with Crippen LogP contribution in [0, 0.1) is 13.8 Å². The Hall–Kier alpha value is -5.35. The molecule has 0 bridgehead atoms. The van der Waals surface area contributed by atoms with Gasteiger partial charge in [-0.25, -0.2) is 23.9 Å². The van der Waals surface area contributed by atoms with Gasteiger partial charge in [-0.05, 0) is 26.0 Å². The molecule has 0 aliphatic heterocycles. The Morgan fingerprint density at radius 1 is 0.605 bits per heavy atom. The van der Waals surface area contributed by atoms with E-state index in [1.807, 2.05) is 6.92 Å². The van der Waals surface area contributed by atoms with Crippen molar-refractivity contribution >= 4 is 23.3 Å². The van der Waals surface area contributed by atoms with Gasteiger partial charge in [-0.15, -0.1) is 0 Å². The Labute approximate surface area is 216 Å². The standard InChI is InChI=1S/C6H9N3O.C5H8N4O.2C5H7N3O/c1-4-3-9(2)6(10)8-5(4)7;1-3-4(6)7-5(10)9(2)8-3;2*1-8-3-2-4(6)7-5(8)9/h3H,1-2H3,(H2,7,8,10);1-2H3,(H2,6,7,10);2*2-3H,1H3,(H2,6,7,9). The first kappa shape index (κ1) is 30.7. The van der Waals surface area contributed by atoms with Gasteiger partial charge in [-0.2, -0.15) is 25.0 Å². The van der Waals surface area contributed by atoms with E-state index in [2.05, 4.69) is 25.0 Å². The van der Waals surface area contributed by atoms with Crippen molar-refractivity contribution in [3.63, 3.8) is 0 Å². The molecule has 17 heteroatoms. The zero-order valence-electron chi connectivity index (χ0n) is 21.9. The van der Waals surface area contributed by atoms with Gasteiger partial charge in [0.25, 0.3) is 0 Å². The highest BCUT2D eigenvalue weighted by Crippen LogP contribution is 1.99. The molecule has 0 amide bonds. The molecule has 0 atom stereocenters. The second-order valence-electron chi connectivity index (χ2n) is 7.68. The van der Waals surface area contributed by atoms with E-state index in [-0.39, 0.29) is 34.5 Å². The first-order valence-corrected chi connectivity index (χ1v) is 10.7. The van der Waals surface area contributed by atoms with Crippen LogP contribution >= 0.6 is 0 Å². The molecule has 0 saturated carbocycles. The Balaban J connectivity index is 0.000000254. The number of hydrogen-bond acceptors (Lipinski definition) is 13. The molecule has 0 aliphatic rings. The topological polar surface area (TPSA) is 257 Å². The van der Waals surface area contributed by atoms with E-state index in [0.29, 0.717) is 11.5 Å². The lowest BCUT2D eigenvalue weighted by Crippen LogP contribution is -2.24. The summed E-state index contributed by atoms with van der Waals surface area (Å²) < 4.78 is 5.25. The van der Waals surface area contributed by atoms with Crippen molar-refractivity contribution in [2.24, 2.45) is 28.2 Å². The zero-order valence-corrected chi connectivity index (χ0v) is 21.9. The number of aromatic nitrogens is 9. The van der Waals surface area contributed by atoms with Gasteiger partial charge in [0.15, 0.2) is 5.82 Å². The molecule has 4 aromatic heterocycles. The quantitative estimate of drug-likeness (QED) is 0.183. The van der Waals surface area contributed by atoms with E-state index in [0.717, 1.165) is 10.2 Å². The van der Waals surface area contributed by atoms with E-state index >= 15 is 0 Å². The van der Waals surface area contributed by atoms with Gasteiger partial charge in [0.2, 0.25) is 0 Å². The Morgan fingerprint density at radius 2 is 1.03 bits per heavy atom. The van der Waals surface area contributed by atoms with Crippen LogP contribution in [0.15, 0.2) is 49.9 Å². The summed E-state index contributed by atoms with van der Waals surface area (Å²) in [6, 6.07) is 3.14. The fourth-order valence-electron chi connectivity index (χ4n) is 2.21. The van der Waals surface area contributed by atoms with E-state index in [9.17, 15) is 19.2 Å². The fraction of sp³-hybridized carbons (Fsp3) is 0.286. The summed E-state index contributed by atoms with van der Waals surface area (Å²) in [5, 5.41) is 3.79. The van der Waals surface area contributed by atoms with Crippen LogP contribution in [0.5, 0.6) is 0 Å². The van der Waals surface area contributed by atoms with Gasteiger partial charge in [0, 0.05) is 52.3 Å². The van der Waals surface area contributed by atoms with E-state index in [4.69, 9.17) is 22.9 Å². The molecule has 4 rings (SSSR count). The van der Waals surface area contributed by atoms with Crippen LogP contribution in [0.2, 0.25) is 0 Å². The maximum atomic E-state index is 10.8. The summed E-state index contributed by atoms with van der Waals surface area (Å²) in [6.07, 6.45) is 4.81. The van der Waals surface area contributed by atoms with Crippen molar-refractivity contribution in [2.75, 3.05) is 22.9 Å². The average Bonchev–Trinajstić information content (AvgIpc) is 2.83. The molecule has 4 heterocycles. The van der Waals surface area contributed by atoms with Gasteiger partial charge < -0.3 is 36.6 Å². The zero-order chi connectivity index (χ0) is 29.2. The number of nitrogens with two attached hydrogens (primary N) is 4. The summed E-state index contributed by atoms with van der Waals surface area (Å²) in [4.78, 5) is 56.7. The molecule has 0 fully saturated rings. The summed E-state index contributed by atoms with van der Waals surface area (Å²) >= 11 is 0. The van der Waals surface area contributed by atoms with Crippen molar-refractivity contribution in [1.82, 2.24) is 43.4 Å². The average molecular weight is 530 g/mol. The molecule has 0 spiro atoms. The Kier molecular flexibility index (Phi) is 11.0. The molecule has 8 N–H and O–H groups in total. The number of nitrogen functional groups attached to an aromatic ring is 4. The number of hydrogen-bond donors (Lipinski definition) is 4. The maximum Gasteiger partial charge on any atom is 0.365 e. The van der Waals surface area contributed by atoms with Crippen molar-refractivity contribution in [1.29, 1.82) is 0 Å². The molecule has 0 aliphatic carbocycles. The van der Waals surface area contributed by atoms with Gasteiger partial charge >= 0.3 is 22.8 Å². The Morgan fingerprint density at radius 3 is 1.39 bits per heavy atom. The van der Waals surface area contributed by atoms with Crippen molar-refractivity contribution in [3.05, 3.63) is 83.9 Å². The predicted molar refractivity (Wildman–Crippen MR) is 143 cm³/mol. The molecule has 0 unspecified atom stereocenters. The lowest BCUT2D eigenvalue weighted by Gasteiger charge is -1.99. The number of nitrogens with zero attached hydrogens (tertiary/aromatic N) is 9. The van der Waals surface area contributed by atoms with Crippen molar-refractivity contribution < 1.29 is 0 Å². The van der Waals surface area contributed by atoms with Gasteiger partial charge in [-0.3, -0.25) is 0 Å². The highest BCUT2D eigenvalue weighted by molar-refractivity contribution is 5.34. The smallest absolute Gasteiger partial charge is 0.365 e. The maximum absolute atomic E-state index is 10.8. The molecular formula is C21H31N13O4. The fourth-order valence-corrected chi connectivity index (χ4v) is 2.21. The lowest BCUT2D eigenvalue weighted by atomic mass is 10.3. The SMILES string of the molecule is Cc1cn(C)c(=O)nc1N.Cc1nn(C)c(=O)nc1N.Cn1ccc(N)nc1=O.Cn1ccc(N)nc1=O. The minimum atomic E-state index is -0.428. The van der Waals surface area contributed by atoms with Crippen LogP contribution in [0.4, 0.5) is 23.3 Å². The van der Waals surface area contributed by atoms with E-state index < -0.39 is 5.69 Å². The van der Waals surface area contributed by atoms with Crippen LogP contribution in [0.25, 0.3) is 0 Å². The summed E-state index contributed by atoms with van der Waals surface area (Å²) in [5.41, 5.74) is 21.1. The number of rotatable bonds is 0. The van der Waals surface area contributed by atoms with Gasteiger partial charge in [0.05, 0.1) is 0 Å². The Bertz CT molecular complexity index is 1500. The third kappa shape index (κ3) is 9.72. The van der Waals surface area contributed by atoms with Crippen molar-refractivity contribution in [3.8, 4) is 0 Å². The first-order valence-electron chi connectivity index (χ1n) is 10.7. The highest BCUT2D eigenvalue weighted by atomic mass is 16.2. The van der Waals surface area contributed by atoms with Gasteiger partial charge in [0.1, 0.15) is 23.1 Å². The van der Waals surface area contributed by atoms with E-state index in [1.54, 1.807) is 58.8 Å². The molecule has 17 nitrogen and oxygen atoms in total. The van der Waals surface area contributed by atoms with Crippen LogP contribution < -0.4 is 45.7 Å². The normalized spacial score (nSPS) is 9.63. The molecule has 0 radical (unpaired) electrons. The molecule has 4 aromatic rings. The highest BCUT2D eigenvalue weighted by Gasteiger charge is 1.98. The lowest BCUT2D eigenvalue weighted by molar-refractivity contribution is 0.663. The van der Waals surface area contributed by atoms with Crippen LogP contribution in [-0.2, 0) is 28.2 Å². The largest absolute Gasteiger partial charge is 0.383 e. The minimum Gasteiger partial charge on any atom is -0.383 e. The minimum absolute atomic E-state index is 0.197. The third-order valence-corrected chi connectivity index (χ3v) is 4.46. The predicted octanol–water partition coefficient (Wildman–Crippen LogP) is -2.54. The van der Waals surface area contributed by atoms with Crippen molar-refractivity contribution in [2.45, 2.75) is 13.8 Å². The number of anilines is 4. The summed E-state index contributed by atoms with van der Waals surface area (Å²) in [5.74, 6) is 1.03. The molecule has 38 heavy (non-hydrogen) atoms. The second-order valence-corrected chi connectivity index (χ2v) is 7.68. The van der Waals surface area contributed by atoms with E-state index in [1.165, 1.54) is 20.7 Å².